The molecule has 4 nitrogen and oxygen atoms in total. The van der Waals surface area contributed by atoms with Crippen molar-refractivity contribution in [1.82, 2.24) is 14.5 Å². The molecule has 0 N–H and O–H groups in total. The molecule has 1 saturated heterocycles. The van der Waals surface area contributed by atoms with E-state index in [1.54, 1.807) is 0 Å². The molecule has 4 heteroatoms. The molecule has 3 aromatic rings. The lowest BCUT2D eigenvalue weighted by molar-refractivity contribution is 0.206. The maximum atomic E-state index is 5.99. The van der Waals surface area contributed by atoms with Gasteiger partial charge in [0, 0.05) is 6.54 Å². The Balaban J connectivity index is 1.48. The fourth-order valence-corrected chi connectivity index (χ4v) is 4.41. The van der Waals surface area contributed by atoms with E-state index in [0.29, 0.717) is 12.6 Å². The number of aryl methyl sites for hydroxylation is 2. The molecule has 2 heterocycles. The number of imidazole rings is 1. The number of nitrogens with zero attached hydrogens (tertiary/aromatic N) is 3. The van der Waals surface area contributed by atoms with Crippen LogP contribution in [-0.2, 0) is 6.54 Å². The van der Waals surface area contributed by atoms with Gasteiger partial charge in [0.1, 0.15) is 11.6 Å². The molecular formula is C25H33N3O. The molecule has 0 amide bonds. The van der Waals surface area contributed by atoms with Gasteiger partial charge >= 0.3 is 0 Å². The van der Waals surface area contributed by atoms with E-state index in [0.717, 1.165) is 24.2 Å². The van der Waals surface area contributed by atoms with Gasteiger partial charge in [-0.1, -0.05) is 37.1 Å². The molecule has 154 valence electrons. The van der Waals surface area contributed by atoms with E-state index in [1.807, 2.05) is 6.07 Å². The molecule has 1 aliphatic heterocycles. The molecule has 0 radical (unpaired) electrons. The first-order valence-corrected chi connectivity index (χ1v) is 11.1. The largest absolute Gasteiger partial charge is 0.494 e. The Morgan fingerprint density at radius 3 is 2.59 bits per heavy atom. The minimum absolute atomic E-state index is 0.346. The monoisotopic (exact) mass is 391 g/mol. The lowest BCUT2D eigenvalue weighted by Gasteiger charge is -2.27. The second-order valence-corrected chi connectivity index (χ2v) is 8.26. The van der Waals surface area contributed by atoms with Gasteiger partial charge in [0.05, 0.1) is 23.7 Å². The quantitative estimate of drug-likeness (QED) is 0.480. The second-order valence-electron chi connectivity index (χ2n) is 8.26. The lowest BCUT2D eigenvalue weighted by Crippen LogP contribution is -2.30. The van der Waals surface area contributed by atoms with Crippen molar-refractivity contribution in [2.75, 3.05) is 19.7 Å². The Morgan fingerprint density at radius 2 is 1.79 bits per heavy atom. The Bertz CT molecular complexity index is 925. The summed E-state index contributed by atoms with van der Waals surface area (Å²) in [5.41, 5.74) is 3.57. The van der Waals surface area contributed by atoms with Crippen molar-refractivity contribution in [3.8, 4) is 5.75 Å². The SMILES string of the molecule is Cc1cccc(OCCCn2c(C(C)N3CCCCCC3)nc3ccccc32)c1. The molecule has 1 unspecified atom stereocenters. The zero-order chi connectivity index (χ0) is 20.1. The first kappa shape index (κ1) is 20.0. The van der Waals surface area contributed by atoms with Gasteiger partial charge < -0.3 is 9.30 Å². The van der Waals surface area contributed by atoms with E-state index in [9.17, 15) is 0 Å². The highest BCUT2D eigenvalue weighted by Crippen LogP contribution is 2.27. The van der Waals surface area contributed by atoms with Crippen LogP contribution in [0.2, 0.25) is 0 Å². The number of ether oxygens (including phenoxy) is 1. The third-order valence-corrected chi connectivity index (χ3v) is 6.03. The standard InChI is InChI=1S/C25H33N3O/c1-20-11-9-12-22(19-20)29-18-10-17-28-24-14-6-5-13-23(24)26-25(28)21(2)27-15-7-3-4-8-16-27/h5-6,9,11-14,19,21H,3-4,7-8,10,15-18H2,1-2H3. The van der Waals surface area contributed by atoms with Crippen LogP contribution in [0.15, 0.2) is 48.5 Å². The molecule has 2 aromatic carbocycles. The molecule has 1 aliphatic rings. The van der Waals surface area contributed by atoms with Crippen LogP contribution in [0.1, 0.15) is 56.5 Å². The maximum Gasteiger partial charge on any atom is 0.127 e. The summed E-state index contributed by atoms with van der Waals surface area (Å²) in [5.74, 6) is 2.15. The number of para-hydroxylation sites is 2. The molecule has 0 bridgehead atoms. The van der Waals surface area contributed by atoms with Gasteiger partial charge in [0.2, 0.25) is 0 Å². The molecule has 1 atom stereocenters. The fraction of sp³-hybridized carbons (Fsp3) is 0.480. The number of hydrogen-bond donors (Lipinski definition) is 0. The molecule has 29 heavy (non-hydrogen) atoms. The highest BCUT2D eigenvalue weighted by molar-refractivity contribution is 5.76. The van der Waals surface area contributed by atoms with Crippen LogP contribution in [0.25, 0.3) is 11.0 Å². The normalized spacial score (nSPS) is 16.6. The van der Waals surface area contributed by atoms with Crippen molar-refractivity contribution in [3.63, 3.8) is 0 Å². The predicted molar refractivity (Wildman–Crippen MR) is 119 cm³/mol. The lowest BCUT2D eigenvalue weighted by atomic mass is 10.2. The Labute approximate surface area is 174 Å². The van der Waals surface area contributed by atoms with Gasteiger partial charge in [-0.25, -0.2) is 4.98 Å². The zero-order valence-corrected chi connectivity index (χ0v) is 17.8. The van der Waals surface area contributed by atoms with Gasteiger partial charge in [-0.05, 0) is 76.0 Å². The minimum Gasteiger partial charge on any atom is -0.494 e. The Kier molecular flexibility index (Phi) is 6.50. The number of hydrogen-bond acceptors (Lipinski definition) is 3. The highest BCUT2D eigenvalue weighted by atomic mass is 16.5. The van der Waals surface area contributed by atoms with E-state index >= 15 is 0 Å². The molecule has 0 spiro atoms. The zero-order valence-electron chi connectivity index (χ0n) is 17.8. The van der Waals surface area contributed by atoms with Gasteiger partial charge in [-0.3, -0.25) is 4.90 Å². The summed E-state index contributed by atoms with van der Waals surface area (Å²) in [6.07, 6.45) is 6.28. The van der Waals surface area contributed by atoms with Crippen molar-refractivity contribution in [2.24, 2.45) is 0 Å². The average Bonchev–Trinajstić information content (AvgIpc) is 2.89. The molecule has 1 aromatic heterocycles. The van der Waals surface area contributed by atoms with Crippen LogP contribution >= 0.6 is 0 Å². The maximum absolute atomic E-state index is 5.99. The molecule has 4 rings (SSSR count). The predicted octanol–water partition coefficient (Wildman–Crippen LogP) is 5.75. The van der Waals surface area contributed by atoms with E-state index in [-0.39, 0.29) is 0 Å². The minimum atomic E-state index is 0.346. The number of likely N-dealkylation sites (tertiary alicyclic amines) is 1. The van der Waals surface area contributed by atoms with Gasteiger partial charge in [-0.2, -0.15) is 0 Å². The van der Waals surface area contributed by atoms with Crippen LogP contribution < -0.4 is 4.74 Å². The third kappa shape index (κ3) is 4.81. The van der Waals surface area contributed by atoms with Gasteiger partial charge in [0.25, 0.3) is 0 Å². The van der Waals surface area contributed by atoms with Crippen LogP contribution in [0.4, 0.5) is 0 Å². The van der Waals surface area contributed by atoms with Crippen LogP contribution in [0, 0.1) is 6.92 Å². The number of benzene rings is 2. The topological polar surface area (TPSA) is 30.3 Å². The van der Waals surface area contributed by atoms with Gasteiger partial charge in [0.15, 0.2) is 0 Å². The summed E-state index contributed by atoms with van der Waals surface area (Å²) in [4.78, 5) is 7.67. The summed E-state index contributed by atoms with van der Waals surface area (Å²) in [6.45, 7) is 8.43. The van der Waals surface area contributed by atoms with Crippen molar-refractivity contribution >= 4 is 11.0 Å². The van der Waals surface area contributed by atoms with Crippen LogP contribution in [-0.4, -0.2) is 34.1 Å². The summed E-state index contributed by atoms with van der Waals surface area (Å²) in [6, 6.07) is 17.2. The van der Waals surface area contributed by atoms with E-state index < -0.39 is 0 Å². The average molecular weight is 392 g/mol. The van der Waals surface area contributed by atoms with Crippen molar-refractivity contribution in [3.05, 3.63) is 59.9 Å². The van der Waals surface area contributed by atoms with E-state index in [1.165, 1.54) is 55.7 Å². The Morgan fingerprint density at radius 1 is 1.00 bits per heavy atom. The summed E-state index contributed by atoms with van der Waals surface area (Å²) in [7, 11) is 0. The summed E-state index contributed by atoms with van der Waals surface area (Å²) in [5, 5.41) is 0. The van der Waals surface area contributed by atoms with Crippen molar-refractivity contribution < 1.29 is 4.74 Å². The number of fused-ring (bicyclic) bond motifs is 1. The van der Waals surface area contributed by atoms with E-state index in [4.69, 9.17) is 9.72 Å². The highest BCUT2D eigenvalue weighted by Gasteiger charge is 2.23. The Hall–Kier alpha value is -2.33. The third-order valence-electron chi connectivity index (χ3n) is 6.03. The van der Waals surface area contributed by atoms with Crippen molar-refractivity contribution in [1.29, 1.82) is 0 Å². The first-order valence-electron chi connectivity index (χ1n) is 11.1. The molecule has 0 saturated carbocycles. The molecule has 0 aliphatic carbocycles. The van der Waals surface area contributed by atoms with E-state index in [2.05, 4.69) is 65.8 Å². The van der Waals surface area contributed by atoms with Crippen molar-refractivity contribution in [2.45, 2.75) is 58.5 Å². The van der Waals surface area contributed by atoms with Gasteiger partial charge in [-0.15, -0.1) is 0 Å². The number of rotatable bonds is 7. The summed E-state index contributed by atoms with van der Waals surface area (Å²) >= 11 is 0. The second kappa shape index (κ2) is 9.45. The molecular weight excluding hydrogens is 358 g/mol. The number of aromatic nitrogens is 2. The fourth-order valence-electron chi connectivity index (χ4n) is 4.41. The summed E-state index contributed by atoms with van der Waals surface area (Å²) < 4.78 is 8.41. The van der Waals surface area contributed by atoms with Crippen LogP contribution in [0.3, 0.4) is 0 Å². The van der Waals surface area contributed by atoms with Crippen LogP contribution in [0.5, 0.6) is 5.75 Å². The first-order chi connectivity index (χ1) is 14.2. The smallest absolute Gasteiger partial charge is 0.127 e. The molecule has 1 fully saturated rings.